The molecule has 0 unspecified atom stereocenters. The van der Waals surface area contributed by atoms with Gasteiger partial charge in [0.05, 0.1) is 10.6 Å². The van der Waals surface area contributed by atoms with E-state index >= 15 is 0 Å². The molecular formula is C29H34ClN3O4S. The zero-order valence-corrected chi connectivity index (χ0v) is 23.7. The number of amides is 2. The van der Waals surface area contributed by atoms with E-state index in [9.17, 15) is 18.0 Å². The Morgan fingerprint density at radius 2 is 1.47 bits per heavy atom. The van der Waals surface area contributed by atoms with Gasteiger partial charge in [0.15, 0.2) is 0 Å². The van der Waals surface area contributed by atoms with Crippen molar-refractivity contribution < 1.29 is 18.0 Å². The molecule has 7 nitrogen and oxygen atoms in total. The highest BCUT2D eigenvalue weighted by Crippen LogP contribution is 2.26. The topological polar surface area (TPSA) is 86.8 Å². The maximum atomic E-state index is 13.9. The lowest BCUT2D eigenvalue weighted by Crippen LogP contribution is -2.52. The van der Waals surface area contributed by atoms with Crippen LogP contribution in [0.3, 0.4) is 0 Å². The van der Waals surface area contributed by atoms with E-state index in [1.807, 2.05) is 20.8 Å². The van der Waals surface area contributed by atoms with E-state index in [1.54, 1.807) is 67.6 Å². The molecule has 0 fully saturated rings. The van der Waals surface area contributed by atoms with Crippen molar-refractivity contribution in [1.82, 2.24) is 10.2 Å². The fourth-order valence-electron chi connectivity index (χ4n) is 4.10. The van der Waals surface area contributed by atoms with Gasteiger partial charge in [0, 0.05) is 18.1 Å². The molecule has 0 aromatic heterocycles. The molecule has 0 saturated heterocycles. The summed E-state index contributed by atoms with van der Waals surface area (Å²) in [5, 5.41) is 3.24. The number of rotatable bonds is 11. The van der Waals surface area contributed by atoms with Gasteiger partial charge >= 0.3 is 0 Å². The maximum Gasteiger partial charge on any atom is 0.264 e. The molecule has 3 aromatic carbocycles. The van der Waals surface area contributed by atoms with Crippen LogP contribution in [0.25, 0.3) is 0 Å². The molecule has 0 radical (unpaired) electrons. The Morgan fingerprint density at radius 3 is 2.03 bits per heavy atom. The number of benzene rings is 3. The first-order valence-electron chi connectivity index (χ1n) is 12.5. The second-order valence-electron chi connectivity index (χ2n) is 9.09. The Morgan fingerprint density at radius 1 is 0.895 bits per heavy atom. The van der Waals surface area contributed by atoms with Crippen LogP contribution in [-0.4, -0.2) is 44.3 Å². The predicted octanol–water partition coefficient (Wildman–Crippen LogP) is 5.10. The number of nitrogens with one attached hydrogen (secondary N) is 1. The molecule has 202 valence electrons. The average Bonchev–Trinajstić information content (AvgIpc) is 2.89. The summed E-state index contributed by atoms with van der Waals surface area (Å²) in [4.78, 5) is 28.4. The lowest BCUT2D eigenvalue weighted by atomic mass is 10.1. The first-order valence-corrected chi connectivity index (χ1v) is 14.4. The van der Waals surface area contributed by atoms with Crippen molar-refractivity contribution in [3.63, 3.8) is 0 Å². The molecule has 0 aliphatic rings. The number of halogens is 1. The van der Waals surface area contributed by atoms with Gasteiger partial charge in [0.2, 0.25) is 11.8 Å². The second kappa shape index (κ2) is 12.9. The van der Waals surface area contributed by atoms with Crippen LogP contribution in [0.15, 0.2) is 77.7 Å². The third kappa shape index (κ3) is 6.94. The van der Waals surface area contributed by atoms with E-state index in [1.165, 1.54) is 17.0 Å². The van der Waals surface area contributed by atoms with Gasteiger partial charge in [-0.25, -0.2) is 8.42 Å². The number of aryl methyl sites for hydroxylation is 2. The van der Waals surface area contributed by atoms with Gasteiger partial charge < -0.3 is 10.2 Å². The highest BCUT2D eigenvalue weighted by molar-refractivity contribution is 7.92. The second-order valence-corrected chi connectivity index (χ2v) is 11.4. The number of hydrogen-bond acceptors (Lipinski definition) is 4. The lowest BCUT2D eigenvalue weighted by molar-refractivity contribution is -0.140. The first-order chi connectivity index (χ1) is 18.1. The maximum absolute atomic E-state index is 13.9. The van der Waals surface area contributed by atoms with Crippen molar-refractivity contribution in [2.75, 3.05) is 17.4 Å². The summed E-state index contributed by atoms with van der Waals surface area (Å²) in [5.74, 6) is -0.821. The monoisotopic (exact) mass is 555 g/mol. The molecule has 0 heterocycles. The highest BCUT2D eigenvalue weighted by Gasteiger charge is 2.33. The zero-order valence-electron chi connectivity index (χ0n) is 22.1. The number of anilines is 1. The Bertz CT molecular complexity index is 1360. The molecule has 1 N–H and O–H groups in total. The molecule has 3 rings (SSSR count). The summed E-state index contributed by atoms with van der Waals surface area (Å²) in [7, 11) is -4.10. The fraction of sp³-hybridized carbons (Fsp3) is 0.310. The SMILES string of the molecule is CCNC(=O)[C@H](CC)N(Cc1ccccc1Cl)C(=O)CN(c1ccc(C)cc1)S(=O)(=O)c1ccc(C)cc1. The summed E-state index contributed by atoms with van der Waals surface area (Å²) < 4.78 is 28.8. The summed E-state index contributed by atoms with van der Waals surface area (Å²) in [6, 6.07) is 19.7. The molecule has 9 heteroatoms. The number of likely N-dealkylation sites (N-methyl/N-ethyl adjacent to an activating group) is 1. The van der Waals surface area contributed by atoms with Crippen LogP contribution in [-0.2, 0) is 26.2 Å². The lowest BCUT2D eigenvalue weighted by Gasteiger charge is -2.33. The summed E-state index contributed by atoms with van der Waals surface area (Å²) >= 11 is 6.40. The minimum Gasteiger partial charge on any atom is -0.355 e. The van der Waals surface area contributed by atoms with Crippen molar-refractivity contribution in [2.24, 2.45) is 0 Å². The molecule has 0 aliphatic carbocycles. The van der Waals surface area contributed by atoms with Crippen molar-refractivity contribution in [2.45, 2.75) is 51.6 Å². The van der Waals surface area contributed by atoms with Crippen LogP contribution < -0.4 is 9.62 Å². The van der Waals surface area contributed by atoms with Gasteiger partial charge in [-0.3, -0.25) is 13.9 Å². The van der Waals surface area contributed by atoms with E-state index in [4.69, 9.17) is 11.6 Å². The van der Waals surface area contributed by atoms with Crippen molar-refractivity contribution in [3.05, 3.63) is 94.5 Å². The van der Waals surface area contributed by atoms with E-state index in [2.05, 4.69) is 5.32 Å². The van der Waals surface area contributed by atoms with Gasteiger partial charge in [-0.1, -0.05) is 72.1 Å². The summed E-state index contributed by atoms with van der Waals surface area (Å²) in [6.07, 6.45) is 0.345. The van der Waals surface area contributed by atoms with E-state index in [-0.39, 0.29) is 17.3 Å². The molecule has 0 saturated carbocycles. The van der Waals surface area contributed by atoms with Crippen LogP contribution >= 0.6 is 11.6 Å². The van der Waals surface area contributed by atoms with Gasteiger partial charge in [-0.15, -0.1) is 0 Å². The number of hydrogen-bond donors (Lipinski definition) is 1. The Kier molecular flexibility index (Phi) is 9.94. The molecular weight excluding hydrogens is 522 g/mol. The minimum atomic E-state index is -4.10. The molecule has 38 heavy (non-hydrogen) atoms. The molecule has 0 aliphatic heterocycles. The Balaban J connectivity index is 2.06. The third-order valence-electron chi connectivity index (χ3n) is 6.25. The van der Waals surface area contributed by atoms with Crippen LogP contribution in [0.2, 0.25) is 5.02 Å². The standard InChI is InChI=1S/C29H34ClN3O4S/c1-5-27(29(35)31-6-2)32(19-23-9-7-8-10-26(23)30)28(34)20-33(24-15-11-21(3)12-16-24)38(36,37)25-17-13-22(4)14-18-25/h7-18,27H,5-6,19-20H2,1-4H3,(H,31,35)/t27-/m0/s1. The van der Waals surface area contributed by atoms with E-state index in [0.717, 1.165) is 15.4 Å². The van der Waals surface area contributed by atoms with Crippen molar-refractivity contribution in [1.29, 1.82) is 0 Å². The van der Waals surface area contributed by atoms with Gasteiger partial charge in [-0.2, -0.15) is 0 Å². The Labute approximate surface area is 230 Å². The van der Waals surface area contributed by atoms with Gasteiger partial charge in [0.1, 0.15) is 12.6 Å². The molecule has 1 atom stereocenters. The first kappa shape index (κ1) is 29.2. The number of nitrogens with zero attached hydrogens (tertiary/aromatic N) is 2. The number of sulfonamides is 1. The minimum absolute atomic E-state index is 0.0560. The highest BCUT2D eigenvalue weighted by atomic mass is 35.5. The molecule has 2 amide bonds. The molecule has 3 aromatic rings. The summed E-state index contributed by atoms with van der Waals surface area (Å²) in [5.41, 5.74) is 2.89. The smallest absolute Gasteiger partial charge is 0.264 e. The van der Waals surface area contributed by atoms with Crippen LogP contribution in [0.5, 0.6) is 0 Å². The third-order valence-corrected chi connectivity index (χ3v) is 8.40. The average molecular weight is 556 g/mol. The normalized spacial score (nSPS) is 12.0. The molecule has 0 bridgehead atoms. The fourth-order valence-corrected chi connectivity index (χ4v) is 5.71. The zero-order chi connectivity index (χ0) is 27.9. The summed E-state index contributed by atoms with van der Waals surface area (Å²) in [6.45, 7) is 7.36. The van der Waals surface area contributed by atoms with Crippen LogP contribution in [0.4, 0.5) is 5.69 Å². The van der Waals surface area contributed by atoms with Crippen molar-refractivity contribution in [3.8, 4) is 0 Å². The molecule has 0 spiro atoms. The van der Waals surface area contributed by atoms with E-state index < -0.39 is 28.5 Å². The predicted molar refractivity (Wildman–Crippen MR) is 152 cm³/mol. The Hall–Kier alpha value is -3.36. The van der Waals surface area contributed by atoms with Crippen molar-refractivity contribution >= 4 is 39.1 Å². The van der Waals surface area contributed by atoms with Crippen LogP contribution in [0, 0.1) is 13.8 Å². The largest absolute Gasteiger partial charge is 0.355 e. The van der Waals surface area contributed by atoms with Gasteiger partial charge in [-0.05, 0) is 63.1 Å². The quantitative estimate of drug-likeness (QED) is 0.357. The van der Waals surface area contributed by atoms with Gasteiger partial charge in [0.25, 0.3) is 10.0 Å². The number of carbonyl (C=O) groups excluding carboxylic acids is 2. The number of carbonyl (C=O) groups is 2. The van der Waals surface area contributed by atoms with E-state index in [0.29, 0.717) is 29.2 Å². The van der Waals surface area contributed by atoms with Crippen LogP contribution in [0.1, 0.15) is 37.0 Å².